The van der Waals surface area contributed by atoms with Crippen molar-refractivity contribution in [3.63, 3.8) is 0 Å². The van der Waals surface area contributed by atoms with E-state index in [1.165, 1.54) is 31.4 Å². The van der Waals surface area contributed by atoms with Crippen LogP contribution in [-0.2, 0) is 29.5 Å². The fraction of sp³-hybridized carbons (Fsp3) is 0.550. The predicted octanol–water partition coefficient (Wildman–Crippen LogP) is 1.56. The van der Waals surface area contributed by atoms with Crippen LogP contribution in [0.1, 0.15) is 50.4 Å². The fourth-order valence-electron chi connectivity index (χ4n) is 3.58. The Morgan fingerprint density at radius 2 is 1.97 bits per heavy atom. The summed E-state index contributed by atoms with van der Waals surface area (Å²) in [5, 5.41) is 20.2. The van der Waals surface area contributed by atoms with Crippen LogP contribution in [0.5, 0.6) is 0 Å². The van der Waals surface area contributed by atoms with Gasteiger partial charge in [0.2, 0.25) is 10.0 Å². The lowest BCUT2D eigenvalue weighted by Crippen LogP contribution is -2.45. The maximum atomic E-state index is 11.4. The van der Waals surface area contributed by atoms with E-state index in [2.05, 4.69) is 27.8 Å². The van der Waals surface area contributed by atoms with E-state index in [0.29, 0.717) is 19.1 Å². The molecule has 0 radical (unpaired) electrons. The quantitative estimate of drug-likeness (QED) is 0.428. The molecule has 0 saturated heterocycles. The molecule has 30 heavy (non-hydrogen) atoms. The van der Waals surface area contributed by atoms with Crippen LogP contribution in [0.3, 0.4) is 0 Å². The second-order valence-corrected chi connectivity index (χ2v) is 9.12. The van der Waals surface area contributed by atoms with Gasteiger partial charge in [-0.05, 0) is 30.5 Å². The summed E-state index contributed by atoms with van der Waals surface area (Å²) >= 11 is 0. The Bertz CT molecular complexity index is 932. The molecular weight excluding hydrogens is 402 g/mol. The van der Waals surface area contributed by atoms with Gasteiger partial charge in [-0.15, -0.1) is 10.2 Å². The second kappa shape index (κ2) is 10.5. The second-order valence-electron chi connectivity index (χ2n) is 7.55. The van der Waals surface area contributed by atoms with Crippen molar-refractivity contribution in [2.45, 2.75) is 69.5 Å². The number of aromatic nitrogens is 3. The van der Waals surface area contributed by atoms with Gasteiger partial charge in [-0.25, -0.2) is 18.5 Å². The molecule has 1 aromatic heterocycles. The average molecular weight is 434 g/mol. The Kier molecular flexibility index (Phi) is 7.81. The molecular formula is C20H31N7O2S. The zero-order valence-electron chi connectivity index (χ0n) is 17.4. The third kappa shape index (κ3) is 6.53. The largest absolute Gasteiger partial charge is 0.355 e. The third-order valence-corrected chi connectivity index (χ3v) is 6.20. The number of nitrogens with zero attached hydrogens (tertiary/aromatic N) is 4. The SMILES string of the molecule is CCc1nncn1CCNC(=NCc1ccc(S(N)(=O)=O)cc1)NC1CCCCC1. The van der Waals surface area contributed by atoms with Gasteiger partial charge < -0.3 is 15.2 Å². The maximum Gasteiger partial charge on any atom is 0.238 e. The zero-order chi connectivity index (χ0) is 21.4. The van der Waals surface area contributed by atoms with E-state index >= 15 is 0 Å². The highest BCUT2D eigenvalue weighted by atomic mass is 32.2. The number of primary sulfonamides is 1. The molecule has 1 heterocycles. The van der Waals surface area contributed by atoms with E-state index in [0.717, 1.165) is 43.2 Å². The number of aliphatic imine (C=N–C) groups is 1. The Balaban J connectivity index is 1.63. The lowest BCUT2D eigenvalue weighted by Gasteiger charge is -2.25. The van der Waals surface area contributed by atoms with Crippen molar-refractivity contribution in [3.8, 4) is 0 Å². The molecule has 9 nitrogen and oxygen atoms in total. The van der Waals surface area contributed by atoms with Crippen molar-refractivity contribution in [1.82, 2.24) is 25.4 Å². The van der Waals surface area contributed by atoms with Crippen molar-refractivity contribution in [2.75, 3.05) is 6.54 Å². The minimum Gasteiger partial charge on any atom is -0.355 e. The summed E-state index contributed by atoms with van der Waals surface area (Å²) in [4.78, 5) is 4.82. The molecule has 1 aromatic carbocycles. The van der Waals surface area contributed by atoms with Gasteiger partial charge in [0.15, 0.2) is 5.96 Å². The minimum absolute atomic E-state index is 0.106. The number of sulfonamides is 1. The summed E-state index contributed by atoms with van der Waals surface area (Å²) in [6.07, 6.45) is 8.65. The van der Waals surface area contributed by atoms with Gasteiger partial charge in [-0.3, -0.25) is 0 Å². The van der Waals surface area contributed by atoms with Gasteiger partial charge >= 0.3 is 0 Å². The number of hydrogen-bond donors (Lipinski definition) is 3. The molecule has 1 aliphatic carbocycles. The highest BCUT2D eigenvalue weighted by molar-refractivity contribution is 7.89. The van der Waals surface area contributed by atoms with Crippen molar-refractivity contribution < 1.29 is 8.42 Å². The summed E-state index contributed by atoms with van der Waals surface area (Å²) in [7, 11) is -3.68. The van der Waals surface area contributed by atoms with Crippen LogP contribution in [0.2, 0.25) is 0 Å². The number of guanidine groups is 1. The van der Waals surface area contributed by atoms with Crippen LogP contribution in [0.4, 0.5) is 0 Å². The van der Waals surface area contributed by atoms with Gasteiger partial charge in [0.1, 0.15) is 12.2 Å². The molecule has 0 amide bonds. The number of aryl methyl sites for hydroxylation is 1. The lowest BCUT2D eigenvalue weighted by molar-refractivity contribution is 0.409. The monoisotopic (exact) mass is 433 g/mol. The molecule has 0 unspecified atom stereocenters. The topological polar surface area (TPSA) is 127 Å². The Labute approximate surface area is 178 Å². The van der Waals surface area contributed by atoms with E-state index in [1.54, 1.807) is 18.5 Å². The van der Waals surface area contributed by atoms with Crippen LogP contribution >= 0.6 is 0 Å². The number of benzene rings is 1. The minimum atomic E-state index is -3.68. The fourth-order valence-corrected chi connectivity index (χ4v) is 4.10. The van der Waals surface area contributed by atoms with Gasteiger partial charge in [0.05, 0.1) is 11.4 Å². The predicted molar refractivity (Wildman–Crippen MR) is 116 cm³/mol. The Hall–Kier alpha value is -2.46. The molecule has 2 aromatic rings. The summed E-state index contributed by atoms with van der Waals surface area (Å²) in [5.74, 6) is 1.73. The molecule has 4 N–H and O–H groups in total. The first-order valence-corrected chi connectivity index (χ1v) is 12.0. The van der Waals surface area contributed by atoms with E-state index < -0.39 is 10.0 Å². The normalized spacial score (nSPS) is 15.9. The third-order valence-electron chi connectivity index (χ3n) is 5.27. The molecule has 0 spiro atoms. The standard InChI is InChI=1S/C20H31N7O2S/c1-2-19-26-24-15-27(19)13-12-22-20(25-17-6-4-3-5-7-17)23-14-16-8-10-18(11-9-16)30(21,28)29/h8-11,15,17H,2-7,12-14H2,1H3,(H2,21,28,29)(H2,22,23,25). The van der Waals surface area contributed by atoms with E-state index in [1.807, 2.05) is 4.57 Å². The number of nitrogens with one attached hydrogen (secondary N) is 2. The Morgan fingerprint density at radius 1 is 1.23 bits per heavy atom. The molecule has 0 bridgehead atoms. The first-order valence-electron chi connectivity index (χ1n) is 10.5. The zero-order valence-corrected chi connectivity index (χ0v) is 18.2. The van der Waals surface area contributed by atoms with E-state index in [9.17, 15) is 8.42 Å². The average Bonchev–Trinajstić information content (AvgIpc) is 3.20. The molecule has 0 atom stereocenters. The van der Waals surface area contributed by atoms with E-state index in [4.69, 9.17) is 10.1 Å². The van der Waals surface area contributed by atoms with Crippen LogP contribution in [0.25, 0.3) is 0 Å². The summed E-state index contributed by atoms with van der Waals surface area (Å²) in [6.45, 7) is 3.96. The molecule has 1 fully saturated rings. The highest BCUT2D eigenvalue weighted by Crippen LogP contribution is 2.17. The summed E-state index contributed by atoms with van der Waals surface area (Å²) in [6, 6.07) is 6.94. The van der Waals surface area contributed by atoms with Crippen LogP contribution < -0.4 is 15.8 Å². The maximum absolute atomic E-state index is 11.4. The van der Waals surface area contributed by atoms with Crippen molar-refractivity contribution in [2.24, 2.45) is 10.1 Å². The van der Waals surface area contributed by atoms with Gasteiger partial charge in [0, 0.05) is 25.6 Å². The number of nitrogens with two attached hydrogens (primary N) is 1. The van der Waals surface area contributed by atoms with Gasteiger partial charge in [-0.1, -0.05) is 38.3 Å². The first kappa shape index (κ1) is 22.2. The molecule has 10 heteroatoms. The Morgan fingerprint density at radius 3 is 2.63 bits per heavy atom. The van der Waals surface area contributed by atoms with Crippen LogP contribution in [0.15, 0.2) is 40.5 Å². The highest BCUT2D eigenvalue weighted by Gasteiger charge is 2.15. The smallest absolute Gasteiger partial charge is 0.238 e. The molecule has 0 aliphatic heterocycles. The van der Waals surface area contributed by atoms with Crippen molar-refractivity contribution in [1.29, 1.82) is 0 Å². The number of hydrogen-bond acceptors (Lipinski definition) is 5. The van der Waals surface area contributed by atoms with E-state index in [-0.39, 0.29) is 4.90 Å². The molecule has 164 valence electrons. The molecule has 1 aliphatic rings. The van der Waals surface area contributed by atoms with Gasteiger partial charge in [-0.2, -0.15) is 0 Å². The van der Waals surface area contributed by atoms with Gasteiger partial charge in [0.25, 0.3) is 0 Å². The number of rotatable bonds is 8. The van der Waals surface area contributed by atoms with Crippen molar-refractivity contribution >= 4 is 16.0 Å². The lowest BCUT2D eigenvalue weighted by atomic mass is 9.96. The van der Waals surface area contributed by atoms with Crippen molar-refractivity contribution in [3.05, 3.63) is 42.0 Å². The molecule has 1 saturated carbocycles. The van der Waals surface area contributed by atoms with Crippen LogP contribution in [-0.4, -0.2) is 41.7 Å². The molecule has 3 rings (SSSR count). The summed E-state index contributed by atoms with van der Waals surface area (Å²) in [5.41, 5.74) is 0.916. The summed E-state index contributed by atoms with van der Waals surface area (Å²) < 4.78 is 24.9. The first-order chi connectivity index (χ1) is 14.5. The van der Waals surface area contributed by atoms with Crippen LogP contribution in [0, 0.1) is 0 Å².